The first-order chi connectivity index (χ1) is 14.0. The predicted molar refractivity (Wildman–Crippen MR) is 112 cm³/mol. The summed E-state index contributed by atoms with van der Waals surface area (Å²) < 4.78 is 5.11. The number of rotatable bonds is 5. The highest BCUT2D eigenvalue weighted by atomic mass is 16.5. The van der Waals surface area contributed by atoms with E-state index in [2.05, 4.69) is 4.99 Å². The van der Waals surface area contributed by atoms with Gasteiger partial charge in [-0.25, -0.2) is 4.99 Å². The zero-order chi connectivity index (χ0) is 20.8. The van der Waals surface area contributed by atoms with E-state index in [1.54, 1.807) is 49.6 Å². The number of piperidine rings is 1. The number of nitrogens with zero attached hydrogens (tertiary/aromatic N) is 2. The van der Waals surface area contributed by atoms with Crippen LogP contribution in [-0.2, 0) is 0 Å². The summed E-state index contributed by atoms with van der Waals surface area (Å²) in [6.07, 6.45) is 3.13. The average molecular weight is 395 g/mol. The molecule has 8 heteroatoms. The average Bonchev–Trinajstić information content (AvgIpc) is 2.78. The number of nitrogen functional groups attached to an aromatic ring is 1. The molecule has 2 aromatic rings. The summed E-state index contributed by atoms with van der Waals surface area (Å²) >= 11 is 0. The van der Waals surface area contributed by atoms with Gasteiger partial charge < -0.3 is 15.4 Å². The molecule has 1 amide bonds. The van der Waals surface area contributed by atoms with Crippen LogP contribution in [0, 0.1) is 5.41 Å². The summed E-state index contributed by atoms with van der Waals surface area (Å²) in [4.78, 5) is 18.9. The van der Waals surface area contributed by atoms with Crippen molar-refractivity contribution >= 4 is 28.8 Å². The molecule has 1 aliphatic rings. The maximum absolute atomic E-state index is 12.8. The molecule has 0 radical (unpaired) electrons. The van der Waals surface area contributed by atoms with Gasteiger partial charge >= 0.3 is 0 Å². The van der Waals surface area contributed by atoms with Gasteiger partial charge in [-0.05, 0) is 61.7 Å². The van der Waals surface area contributed by atoms with Crippen LogP contribution in [0.4, 0.5) is 11.4 Å². The molecule has 152 valence electrons. The Kier molecular flexibility index (Phi) is 6.46. The number of amides is 1. The zero-order valence-corrected chi connectivity index (χ0v) is 16.3. The summed E-state index contributed by atoms with van der Waals surface area (Å²) in [6.45, 7) is 1.47. The summed E-state index contributed by atoms with van der Waals surface area (Å²) in [5.74, 6) is 0.513. The second-order valence-corrected chi connectivity index (χ2v) is 6.80. The van der Waals surface area contributed by atoms with Crippen LogP contribution in [0.1, 0.15) is 35.2 Å². The topological polar surface area (TPSA) is 124 Å². The number of carbonyl (C=O) groups excluding carboxylic acids is 1. The summed E-state index contributed by atoms with van der Waals surface area (Å²) in [5.41, 5.74) is 9.51. The standard InChI is InChI=1S/C21H25N5O3/c1-29-16-8-6-15(7-9-16)24-20(25-28)19(23)17-13-14(5-10-18(17)22)21(27)26-11-3-2-4-12-26/h5-10,13,23,28H,2-4,11-12,22H2,1H3,(H,24,25). The number of benzene rings is 2. The number of aliphatic imine (C=N–C) groups is 1. The number of nitrogens with one attached hydrogen (secondary N) is 2. The minimum absolute atomic E-state index is 0.0792. The highest BCUT2D eigenvalue weighted by Crippen LogP contribution is 2.21. The van der Waals surface area contributed by atoms with E-state index < -0.39 is 0 Å². The number of likely N-dealkylation sites (tertiary alicyclic amines) is 1. The molecule has 0 unspecified atom stereocenters. The molecule has 0 bridgehead atoms. The van der Waals surface area contributed by atoms with Gasteiger partial charge in [0.25, 0.3) is 5.91 Å². The van der Waals surface area contributed by atoms with Crippen LogP contribution < -0.4 is 16.0 Å². The Hall–Kier alpha value is -3.39. The molecule has 1 fully saturated rings. The van der Waals surface area contributed by atoms with Crippen molar-refractivity contribution in [1.82, 2.24) is 10.4 Å². The molecule has 0 spiro atoms. The monoisotopic (exact) mass is 395 g/mol. The molecule has 0 aliphatic carbocycles. The van der Waals surface area contributed by atoms with E-state index in [9.17, 15) is 10.0 Å². The van der Waals surface area contributed by atoms with Crippen molar-refractivity contribution in [2.24, 2.45) is 4.99 Å². The van der Waals surface area contributed by atoms with Crippen LogP contribution in [0.25, 0.3) is 0 Å². The zero-order valence-electron chi connectivity index (χ0n) is 16.3. The third-order valence-electron chi connectivity index (χ3n) is 4.87. The van der Waals surface area contributed by atoms with Gasteiger partial charge in [0.2, 0.25) is 0 Å². The normalized spacial score (nSPS) is 14.4. The molecule has 1 heterocycles. The van der Waals surface area contributed by atoms with E-state index in [-0.39, 0.29) is 17.5 Å². The quantitative estimate of drug-likeness (QED) is 0.268. The number of hydrogen-bond acceptors (Lipinski definition) is 6. The van der Waals surface area contributed by atoms with Gasteiger partial charge in [0.15, 0.2) is 5.84 Å². The molecule has 1 aliphatic heterocycles. The van der Waals surface area contributed by atoms with Gasteiger partial charge in [-0.1, -0.05) is 0 Å². The predicted octanol–water partition coefficient (Wildman–Crippen LogP) is 2.98. The summed E-state index contributed by atoms with van der Waals surface area (Å²) in [6, 6.07) is 11.7. The van der Waals surface area contributed by atoms with Gasteiger partial charge in [-0.15, -0.1) is 0 Å². The van der Waals surface area contributed by atoms with Crippen LogP contribution in [0.2, 0.25) is 0 Å². The maximum atomic E-state index is 12.8. The molecule has 8 nitrogen and oxygen atoms in total. The Bertz CT molecular complexity index is 918. The van der Waals surface area contributed by atoms with Crippen molar-refractivity contribution in [3.8, 4) is 5.75 Å². The van der Waals surface area contributed by atoms with Crippen LogP contribution in [-0.4, -0.2) is 47.8 Å². The van der Waals surface area contributed by atoms with Crippen molar-refractivity contribution < 1.29 is 14.7 Å². The van der Waals surface area contributed by atoms with Crippen LogP contribution >= 0.6 is 0 Å². The van der Waals surface area contributed by atoms with Crippen molar-refractivity contribution in [3.63, 3.8) is 0 Å². The molecule has 3 rings (SSSR count). The van der Waals surface area contributed by atoms with Crippen LogP contribution in [0.15, 0.2) is 47.5 Å². The van der Waals surface area contributed by atoms with Gasteiger partial charge in [-0.2, -0.15) is 0 Å². The largest absolute Gasteiger partial charge is 0.497 e. The first-order valence-electron chi connectivity index (χ1n) is 9.44. The number of methoxy groups -OCH3 is 1. The third-order valence-corrected chi connectivity index (χ3v) is 4.87. The van der Waals surface area contributed by atoms with Crippen molar-refractivity contribution in [2.45, 2.75) is 19.3 Å². The van der Waals surface area contributed by atoms with Crippen molar-refractivity contribution in [3.05, 3.63) is 53.6 Å². The third kappa shape index (κ3) is 4.72. The van der Waals surface area contributed by atoms with Crippen molar-refractivity contribution in [2.75, 3.05) is 25.9 Å². The summed E-state index contributed by atoms with van der Waals surface area (Å²) in [5, 5.41) is 18.0. The Balaban J connectivity index is 1.87. The fraction of sp³-hybridized carbons (Fsp3) is 0.286. The minimum atomic E-state index is -0.117. The highest BCUT2D eigenvalue weighted by molar-refractivity contribution is 6.47. The number of hydrogen-bond donors (Lipinski definition) is 4. The molecule has 0 aromatic heterocycles. The fourth-order valence-electron chi connectivity index (χ4n) is 3.24. The second kappa shape index (κ2) is 9.20. The smallest absolute Gasteiger partial charge is 0.253 e. The first-order valence-corrected chi connectivity index (χ1v) is 9.44. The number of amidine groups is 1. The number of anilines is 1. The molecule has 1 saturated heterocycles. The lowest BCUT2D eigenvalue weighted by molar-refractivity contribution is 0.0724. The second-order valence-electron chi connectivity index (χ2n) is 6.80. The summed E-state index contributed by atoms with van der Waals surface area (Å²) in [7, 11) is 1.57. The molecule has 29 heavy (non-hydrogen) atoms. The number of hydroxylamine groups is 1. The number of ether oxygens (including phenoxy) is 1. The lowest BCUT2D eigenvalue weighted by Gasteiger charge is -2.27. The van der Waals surface area contributed by atoms with E-state index >= 15 is 0 Å². The van der Waals surface area contributed by atoms with E-state index in [4.69, 9.17) is 15.9 Å². The Morgan fingerprint density at radius 3 is 2.48 bits per heavy atom. The van der Waals surface area contributed by atoms with Crippen LogP contribution in [0.3, 0.4) is 0 Å². The van der Waals surface area contributed by atoms with E-state index in [1.807, 2.05) is 10.4 Å². The molecule has 0 saturated carbocycles. The minimum Gasteiger partial charge on any atom is -0.497 e. The molecule has 0 atom stereocenters. The van der Waals surface area contributed by atoms with E-state index in [0.29, 0.717) is 28.3 Å². The fourth-order valence-corrected chi connectivity index (χ4v) is 3.24. The van der Waals surface area contributed by atoms with Crippen LogP contribution in [0.5, 0.6) is 5.75 Å². The SMILES string of the molecule is COc1ccc(N=C(NO)C(=N)c2cc(C(=O)N3CCCCC3)ccc2N)cc1. The molecular formula is C21H25N5O3. The van der Waals surface area contributed by atoms with Gasteiger partial charge in [0, 0.05) is 29.9 Å². The van der Waals surface area contributed by atoms with E-state index in [1.165, 1.54) is 0 Å². The first kappa shape index (κ1) is 20.3. The lowest BCUT2D eigenvalue weighted by Crippen LogP contribution is -2.36. The number of carbonyl (C=O) groups is 1. The van der Waals surface area contributed by atoms with Crippen molar-refractivity contribution in [1.29, 1.82) is 5.41 Å². The van der Waals surface area contributed by atoms with Gasteiger partial charge in [0.05, 0.1) is 12.8 Å². The van der Waals surface area contributed by atoms with E-state index in [0.717, 1.165) is 32.4 Å². The molecule has 2 aromatic carbocycles. The maximum Gasteiger partial charge on any atom is 0.253 e. The highest BCUT2D eigenvalue weighted by Gasteiger charge is 2.21. The Labute approximate surface area is 169 Å². The van der Waals surface area contributed by atoms with Gasteiger partial charge in [0.1, 0.15) is 11.5 Å². The molecule has 5 N–H and O–H groups in total. The Morgan fingerprint density at radius 2 is 1.86 bits per heavy atom. The lowest BCUT2D eigenvalue weighted by atomic mass is 10.0. The Morgan fingerprint density at radius 1 is 1.17 bits per heavy atom. The van der Waals surface area contributed by atoms with Gasteiger partial charge in [-0.3, -0.25) is 20.9 Å². The number of nitrogens with two attached hydrogens (primary N) is 1. The molecular weight excluding hydrogens is 370 g/mol.